The molecule has 2 atom stereocenters. The number of ether oxygens (including phenoxy) is 1. The number of methoxy groups -OCH3 is 1. The highest BCUT2D eigenvalue weighted by Gasteiger charge is 2.37. The number of aromatic nitrogens is 4. The Kier molecular flexibility index (Phi) is 4.23. The second kappa shape index (κ2) is 6.68. The Labute approximate surface area is 145 Å². The van der Waals surface area contributed by atoms with Crippen molar-refractivity contribution < 1.29 is 9.53 Å². The number of para-hydroxylation sites is 1. The molecule has 0 saturated carbocycles. The van der Waals surface area contributed by atoms with Crippen LogP contribution in [0.2, 0.25) is 0 Å². The summed E-state index contributed by atoms with van der Waals surface area (Å²) in [6, 6.07) is 8.06. The van der Waals surface area contributed by atoms with Gasteiger partial charge < -0.3 is 14.6 Å². The van der Waals surface area contributed by atoms with Gasteiger partial charge in [-0.25, -0.2) is 4.98 Å². The monoisotopic (exact) mass is 339 g/mol. The molecule has 1 amide bonds. The highest BCUT2D eigenvalue weighted by Crippen LogP contribution is 2.32. The molecule has 1 aliphatic heterocycles. The van der Waals surface area contributed by atoms with Gasteiger partial charge in [0.15, 0.2) is 0 Å². The minimum atomic E-state index is -0.0945. The maximum Gasteiger partial charge on any atom is 0.223 e. The van der Waals surface area contributed by atoms with Crippen molar-refractivity contribution >= 4 is 16.8 Å². The SMILES string of the molecule is CO[C@@H]1C[C@@H](c2ncn[nH]2)N(C(=O)CCc2c[nH]c3ccccc23)C1. The molecule has 2 aromatic heterocycles. The number of likely N-dealkylation sites (tertiary alicyclic amines) is 1. The van der Waals surface area contributed by atoms with E-state index in [9.17, 15) is 4.79 Å². The van der Waals surface area contributed by atoms with Gasteiger partial charge in [-0.1, -0.05) is 18.2 Å². The summed E-state index contributed by atoms with van der Waals surface area (Å²) >= 11 is 0. The number of amides is 1. The van der Waals surface area contributed by atoms with Gasteiger partial charge in [0.2, 0.25) is 5.91 Å². The van der Waals surface area contributed by atoms with Crippen molar-refractivity contribution in [2.45, 2.75) is 31.4 Å². The van der Waals surface area contributed by atoms with Crippen molar-refractivity contribution in [3.8, 4) is 0 Å². The average molecular weight is 339 g/mol. The number of carbonyl (C=O) groups excluding carboxylic acids is 1. The lowest BCUT2D eigenvalue weighted by atomic mass is 10.1. The summed E-state index contributed by atoms with van der Waals surface area (Å²) < 4.78 is 5.47. The van der Waals surface area contributed by atoms with Crippen LogP contribution in [-0.4, -0.2) is 50.7 Å². The second-order valence-corrected chi connectivity index (χ2v) is 6.39. The van der Waals surface area contributed by atoms with E-state index in [1.807, 2.05) is 29.3 Å². The van der Waals surface area contributed by atoms with Crippen LogP contribution >= 0.6 is 0 Å². The molecule has 0 radical (unpaired) electrons. The van der Waals surface area contributed by atoms with Crippen LogP contribution in [0.5, 0.6) is 0 Å². The molecule has 3 aromatic rings. The second-order valence-electron chi connectivity index (χ2n) is 6.39. The maximum absolute atomic E-state index is 12.8. The van der Waals surface area contributed by atoms with Crippen LogP contribution in [0.25, 0.3) is 10.9 Å². The molecule has 0 unspecified atom stereocenters. The van der Waals surface area contributed by atoms with Gasteiger partial charge in [0.05, 0.1) is 12.1 Å². The van der Waals surface area contributed by atoms with Gasteiger partial charge in [-0.3, -0.25) is 9.89 Å². The van der Waals surface area contributed by atoms with Crippen molar-refractivity contribution in [2.75, 3.05) is 13.7 Å². The molecular weight excluding hydrogens is 318 g/mol. The van der Waals surface area contributed by atoms with Gasteiger partial charge in [0.25, 0.3) is 0 Å². The summed E-state index contributed by atoms with van der Waals surface area (Å²) in [6.45, 7) is 0.592. The lowest BCUT2D eigenvalue weighted by Crippen LogP contribution is -2.32. The number of rotatable bonds is 5. The molecule has 0 bridgehead atoms. The normalized spacial score (nSPS) is 20.4. The van der Waals surface area contributed by atoms with E-state index in [0.29, 0.717) is 19.4 Å². The lowest BCUT2D eigenvalue weighted by Gasteiger charge is -2.22. The van der Waals surface area contributed by atoms with E-state index >= 15 is 0 Å². The fraction of sp³-hybridized carbons (Fsp3) is 0.389. The van der Waals surface area contributed by atoms with E-state index < -0.39 is 0 Å². The molecule has 25 heavy (non-hydrogen) atoms. The Hall–Kier alpha value is -2.67. The topological polar surface area (TPSA) is 86.9 Å². The number of aryl methyl sites for hydroxylation is 1. The quantitative estimate of drug-likeness (QED) is 0.746. The van der Waals surface area contributed by atoms with Gasteiger partial charge >= 0.3 is 0 Å². The number of carbonyl (C=O) groups is 1. The molecule has 3 heterocycles. The molecule has 2 N–H and O–H groups in total. The molecule has 0 spiro atoms. The number of fused-ring (bicyclic) bond motifs is 1. The number of aromatic amines is 2. The van der Waals surface area contributed by atoms with Crippen LogP contribution in [0.4, 0.5) is 0 Å². The van der Waals surface area contributed by atoms with Crippen molar-refractivity contribution in [3.05, 3.63) is 48.2 Å². The van der Waals surface area contributed by atoms with E-state index in [0.717, 1.165) is 17.8 Å². The smallest absolute Gasteiger partial charge is 0.223 e. The lowest BCUT2D eigenvalue weighted by molar-refractivity contribution is -0.132. The molecular formula is C18H21N5O2. The van der Waals surface area contributed by atoms with E-state index in [-0.39, 0.29) is 18.1 Å². The summed E-state index contributed by atoms with van der Waals surface area (Å²) in [6.07, 6.45) is 5.41. The Morgan fingerprint density at radius 2 is 2.28 bits per heavy atom. The summed E-state index contributed by atoms with van der Waals surface area (Å²) in [5.41, 5.74) is 2.27. The van der Waals surface area contributed by atoms with Gasteiger partial charge in [-0.15, -0.1) is 0 Å². The van der Waals surface area contributed by atoms with Crippen LogP contribution in [0.15, 0.2) is 36.8 Å². The first kappa shape index (κ1) is 15.8. The third kappa shape index (κ3) is 3.02. The minimum Gasteiger partial charge on any atom is -0.380 e. The Balaban J connectivity index is 1.47. The zero-order chi connectivity index (χ0) is 17.2. The molecule has 7 nitrogen and oxygen atoms in total. The van der Waals surface area contributed by atoms with E-state index in [1.165, 1.54) is 17.3 Å². The third-order valence-corrected chi connectivity index (χ3v) is 4.95. The van der Waals surface area contributed by atoms with E-state index in [2.05, 4.69) is 26.2 Å². The van der Waals surface area contributed by atoms with E-state index in [1.54, 1.807) is 7.11 Å². The predicted molar refractivity (Wildman–Crippen MR) is 92.9 cm³/mol. The predicted octanol–water partition coefficient (Wildman–Crippen LogP) is 2.21. The first-order valence-electron chi connectivity index (χ1n) is 8.48. The highest BCUT2D eigenvalue weighted by molar-refractivity contribution is 5.84. The highest BCUT2D eigenvalue weighted by atomic mass is 16.5. The Morgan fingerprint density at radius 3 is 3.08 bits per heavy atom. The molecule has 1 aromatic carbocycles. The van der Waals surface area contributed by atoms with Crippen molar-refractivity contribution in [2.24, 2.45) is 0 Å². The number of benzene rings is 1. The van der Waals surface area contributed by atoms with Crippen molar-refractivity contribution in [3.63, 3.8) is 0 Å². The van der Waals surface area contributed by atoms with Crippen LogP contribution in [-0.2, 0) is 16.0 Å². The third-order valence-electron chi connectivity index (χ3n) is 4.95. The van der Waals surface area contributed by atoms with E-state index in [4.69, 9.17) is 4.74 Å². The summed E-state index contributed by atoms with van der Waals surface area (Å²) in [5, 5.41) is 7.98. The zero-order valence-electron chi connectivity index (χ0n) is 14.1. The largest absolute Gasteiger partial charge is 0.380 e. The molecule has 1 saturated heterocycles. The van der Waals surface area contributed by atoms with Crippen LogP contribution < -0.4 is 0 Å². The van der Waals surface area contributed by atoms with Crippen molar-refractivity contribution in [1.29, 1.82) is 0 Å². The number of nitrogens with zero attached hydrogens (tertiary/aromatic N) is 3. The summed E-state index contributed by atoms with van der Waals surface area (Å²) in [4.78, 5) is 22.2. The Bertz CT molecular complexity index is 857. The van der Waals surface area contributed by atoms with Gasteiger partial charge in [-0.05, 0) is 18.1 Å². The first-order valence-corrected chi connectivity index (χ1v) is 8.48. The Morgan fingerprint density at radius 1 is 1.40 bits per heavy atom. The molecule has 1 fully saturated rings. The van der Waals surface area contributed by atoms with Gasteiger partial charge in [-0.2, -0.15) is 5.10 Å². The molecule has 1 aliphatic rings. The number of H-pyrrole nitrogens is 2. The fourth-order valence-electron chi connectivity index (χ4n) is 3.60. The molecule has 130 valence electrons. The van der Waals surface area contributed by atoms with Gasteiger partial charge in [0, 0.05) is 43.6 Å². The molecule has 7 heteroatoms. The van der Waals surface area contributed by atoms with Crippen LogP contribution in [0, 0.1) is 0 Å². The minimum absolute atomic E-state index is 0.0344. The molecule has 4 rings (SSSR count). The fourth-order valence-corrected chi connectivity index (χ4v) is 3.60. The first-order chi connectivity index (χ1) is 12.3. The summed E-state index contributed by atoms with van der Waals surface area (Å²) in [5.74, 6) is 0.839. The number of hydrogen-bond acceptors (Lipinski definition) is 4. The van der Waals surface area contributed by atoms with Crippen LogP contribution in [0.1, 0.15) is 30.3 Å². The van der Waals surface area contributed by atoms with Crippen molar-refractivity contribution in [1.82, 2.24) is 25.1 Å². The molecule has 0 aliphatic carbocycles. The maximum atomic E-state index is 12.8. The number of hydrogen-bond donors (Lipinski definition) is 2. The van der Waals surface area contributed by atoms with Crippen LogP contribution in [0.3, 0.4) is 0 Å². The summed E-state index contributed by atoms with van der Waals surface area (Å²) in [7, 11) is 1.68. The standard InChI is InChI=1S/C18H21N5O2/c1-25-13-8-16(18-20-11-21-22-18)23(10-13)17(24)7-6-12-9-19-15-5-3-2-4-14(12)15/h2-5,9,11,13,16,19H,6-8,10H2,1H3,(H,20,21,22)/t13-,16+/m1/s1. The zero-order valence-corrected chi connectivity index (χ0v) is 14.1. The average Bonchev–Trinajstić information content (AvgIpc) is 3.38. The van der Waals surface area contributed by atoms with Gasteiger partial charge in [0.1, 0.15) is 12.2 Å². The number of nitrogens with one attached hydrogen (secondary N) is 2.